The molecule has 2 rings (SSSR count). The molecule has 0 aromatic heterocycles. The monoisotopic (exact) mass is 403 g/mol. The summed E-state index contributed by atoms with van der Waals surface area (Å²) in [5, 5.41) is 0.210. The lowest BCUT2D eigenvalue weighted by Crippen LogP contribution is -2.26. The average molecular weight is 405 g/mol. The van der Waals surface area contributed by atoms with Crippen LogP contribution in [0.25, 0.3) is 0 Å². The van der Waals surface area contributed by atoms with Gasteiger partial charge in [0, 0.05) is 6.54 Å². The number of hydrogen-bond donors (Lipinski definition) is 1. The molecule has 0 saturated heterocycles. The van der Waals surface area contributed by atoms with Gasteiger partial charge in [0.1, 0.15) is 10.6 Å². The molecule has 2 aromatic carbocycles. The van der Waals surface area contributed by atoms with Gasteiger partial charge in [-0.15, -0.1) is 0 Å². The minimum Gasteiger partial charge on any atom is -0.496 e. The van der Waals surface area contributed by atoms with Crippen LogP contribution >= 0.6 is 27.5 Å². The Morgan fingerprint density at radius 2 is 1.95 bits per heavy atom. The number of ether oxygens (including phenoxy) is 1. The van der Waals surface area contributed by atoms with Crippen molar-refractivity contribution >= 4 is 37.6 Å². The summed E-state index contributed by atoms with van der Waals surface area (Å²) in [5.41, 5.74) is 0.995. The molecule has 0 atom stereocenters. The van der Waals surface area contributed by atoms with E-state index >= 15 is 0 Å². The molecule has 0 heterocycles. The molecule has 7 heteroatoms. The maximum absolute atomic E-state index is 12.2. The van der Waals surface area contributed by atoms with E-state index in [9.17, 15) is 8.42 Å². The molecule has 0 radical (unpaired) electrons. The smallest absolute Gasteiger partial charge is 0.242 e. The molecule has 0 aliphatic rings. The average Bonchev–Trinajstić information content (AvgIpc) is 2.47. The van der Waals surface area contributed by atoms with E-state index in [0.717, 1.165) is 15.8 Å². The third-order valence-electron chi connectivity index (χ3n) is 3.05. The van der Waals surface area contributed by atoms with Crippen molar-refractivity contribution < 1.29 is 13.2 Å². The highest BCUT2D eigenvalue weighted by Crippen LogP contribution is 2.25. The molecule has 0 aliphatic carbocycles. The maximum Gasteiger partial charge on any atom is 0.242 e. The lowest BCUT2D eigenvalue weighted by molar-refractivity contribution is 0.412. The first-order chi connectivity index (χ1) is 10.4. The quantitative estimate of drug-likeness (QED) is 0.800. The summed E-state index contributed by atoms with van der Waals surface area (Å²) in [7, 11) is -2.01. The van der Waals surface area contributed by atoms with E-state index in [1.165, 1.54) is 6.07 Å². The second-order valence-electron chi connectivity index (χ2n) is 4.55. The van der Waals surface area contributed by atoms with Gasteiger partial charge >= 0.3 is 0 Å². The highest BCUT2D eigenvalue weighted by Gasteiger charge is 2.16. The van der Waals surface area contributed by atoms with Crippen LogP contribution < -0.4 is 9.46 Å². The van der Waals surface area contributed by atoms with E-state index in [2.05, 4.69) is 20.7 Å². The van der Waals surface area contributed by atoms with Gasteiger partial charge in [-0.1, -0.05) is 29.8 Å². The van der Waals surface area contributed by atoms with Crippen molar-refractivity contribution in [2.75, 3.05) is 13.7 Å². The molecule has 0 spiro atoms. The molecule has 0 saturated carbocycles. The van der Waals surface area contributed by atoms with Crippen molar-refractivity contribution in [3.63, 3.8) is 0 Å². The number of hydrogen-bond acceptors (Lipinski definition) is 3. The van der Waals surface area contributed by atoms with Crippen LogP contribution in [0.4, 0.5) is 0 Å². The highest BCUT2D eigenvalue weighted by molar-refractivity contribution is 9.10. The Morgan fingerprint density at radius 1 is 1.23 bits per heavy atom. The van der Waals surface area contributed by atoms with Crippen molar-refractivity contribution in [1.82, 2.24) is 4.72 Å². The van der Waals surface area contributed by atoms with Crippen LogP contribution in [-0.2, 0) is 16.4 Å². The third-order valence-corrected chi connectivity index (χ3v) is 5.63. The van der Waals surface area contributed by atoms with Gasteiger partial charge in [-0.2, -0.15) is 0 Å². The fourth-order valence-electron chi connectivity index (χ4n) is 1.94. The summed E-state index contributed by atoms with van der Waals surface area (Å²) in [6.07, 6.45) is 0.562. The number of benzene rings is 2. The van der Waals surface area contributed by atoms with E-state index in [0.29, 0.717) is 6.42 Å². The first-order valence-electron chi connectivity index (χ1n) is 6.50. The molecular formula is C15H15BrClNO3S. The van der Waals surface area contributed by atoms with Crippen LogP contribution in [0.5, 0.6) is 5.75 Å². The van der Waals surface area contributed by atoms with E-state index in [1.54, 1.807) is 25.3 Å². The van der Waals surface area contributed by atoms with Crippen molar-refractivity contribution in [1.29, 1.82) is 0 Å². The Hall–Kier alpha value is -1.08. The fraction of sp³-hybridized carbons (Fsp3) is 0.200. The first kappa shape index (κ1) is 17.3. The van der Waals surface area contributed by atoms with E-state index in [1.807, 2.05) is 18.2 Å². The molecule has 0 unspecified atom stereocenters. The molecule has 4 nitrogen and oxygen atoms in total. The Labute approximate surface area is 143 Å². The number of nitrogens with one attached hydrogen (secondary N) is 1. The SMILES string of the molecule is COc1ccc(CCNS(=O)(=O)c2ccccc2Cl)cc1Br. The lowest BCUT2D eigenvalue weighted by Gasteiger charge is -2.09. The van der Waals surface area contributed by atoms with Gasteiger partial charge in [-0.05, 0) is 52.2 Å². The number of rotatable bonds is 6. The standard InChI is InChI=1S/C15H15BrClNO3S/c1-21-14-7-6-11(10-12(14)16)8-9-18-22(19,20)15-5-3-2-4-13(15)17/h2-7,10,18H,8-9H2,1H3. The fourth-order valence-corrected chi connectivity index (χ4v) is 4.07. The van der Waals surface area contributed by atoms with Crippen molar-refractivity contribution in [2.45, 2.75) is 11.3 Å². The predicted octanol–water partition coefficient (Wildman–Crippen LogP) is 3.63. The van der Waals surface area contributed by atoms with Crippen LogP contribution in [0.3, 0.4) is 0 Å². The Bertz CT molecular complexity index is 765. The molecule has 0 amide bonds. The predicted molar refractivity (Wildman–Crippen MR) is 91.0 cm³/mol. The molecule has 0 aliphatic heterocycles. The molecule has 0 fully saturated rings. The topological polar surface area (TPSA) is 55.4 Å². The van der Waals surface area contributed by atoms with Crippen LogP contribution in [-0.4, -0.2) is 22.1 Å². The van der Waals surface area contributed by atoms with E-state index in [4.69, 9.17) is 16.3 Å². The van der Waals surface area contributed by atoms with Gasteiger partial charge < -0.3 is 4.74 Å². The molecule has 2 aromatic rings. The Morgan fingerprint density at radius 3 is 2.59 bits per heavy atom. The normalized spacial score (nSPS) is 11.4. The summed E-state index contributed by atoms with van der Waals surface area (Å²) < 4.78 is 32.9. The van der Waals surface area contributed by atoms with Crippen LogP contribution in [0.2, 0.25) is 5.02 Å². The zero-order chi connectivity index (χ0) is 16.2. The largest absolute Gasteiger partial charge is 0.496 e. The minimum absolute atomic E-state index is 0.0904. The Balaban J connectivity index is 2.02. The van der Waals surface area contributed by atoms with Crippen molar-refractivity contribution in [3.8, 4) is 5.75 Å². The molecule has 1 N–H and O–H groups in total. The molecule has 118 valence electrons. The van der Waals surface area contributed by atoms with Crippen LogP contribution in [0.15, 0.2) is 51.8 Å². The highest BCUT2D eigenvalue weighted by atomic mass is 79.9. The molecule has 22 heavy (non-hydrogen) atoms. The van der Waals surface area contributed by atoms with E-state index in [-0.39, 0.29) is 16.5 Å². The number of methoxy groups -OCH3 is 1. The molecule has 0 bridgehead atoms. The van der Waals surface area contributed by atoms with Crippen molar-refractivity contribution in [3.05, 3.63) is 57.5 Å². The molecular weight excluding hydrogens is 390 g/mol. The van der Waals surface area contributed by atoms with Gasteiger partial charge in [0.25, 0.3) is 0 Å². The number of halogens is 2. The van der Waals surface area contributed by atoms with Gasteiger partial charge in [-0.3, -0.25) is 0 Å². The summed E-state index contributed by atoms with van der Waals surface area (Å²) in [4.78, 5) is 0.0904. The van der Waals surface area contributed by atoms with Gasteiger partial charge in [-0.25, -0.2) is 13.1 Å². The third kappa shape index (κ3) is 4.23. The summed E-state index contributed by atoms with van der Waals surface area (Å²) in [6.45, 7) is 0.284. The first-order valence-corrected chi connectivity index (χ1v) is 9.16. The minimum atomic E-state index is -3.60. The van der Waals surface area contributed by atoms with Gasteiger partial charge in [0.05, 0.1) is 16.6 Å². The van der Waals surface area contributed by atoms with E-state index < -0.39 is 10.0 Å². The van der Waals surface area contributed by atoms with Gasteiger partial charge in [0.2, 0.25) is 10.0 Å². The summed E-state index contributed by atoms with van der Waals surface area (Å²) >= 11 is 9.32. The summed E-state index contributed by atoms with van der Waals surface area (Å²) in [5.74, 6) is 0.736. The maximum atomic E-state index is 12.2. The Kier molecular flexibility index (Phi) is 5.86. The second kappa shape index (κ2) is 7.46. The zero-order valence-corrected chi connectivity index (χ0v) is 15.0. The lowest BCUT2D eigenvalue weighted by atomic mass is 10.1. The van der Waals surface area contributed by atoms with Gasteiger partial charge in [0.15, 0.2) is 0 Å². The van der Waals surface area contributed by atoms with Crippen LogP contribution in [0.1, 0.15) is 5.56 Å². The summed E-state index contributed by atoms with van der Waals surface area (Å²) in [6, 6.07) is 12.0. The number of sulfonamides is 1. The second-order valence-corrected chi connectivity index (χ2v) is 7.54. The van der Waals surface area contributed by atoms with Crippen molar-refractivity contribution in [2.24, 2.45) is 0 Å². The van der Waals surface area contributed by atoms with Crippen LogP contribution in [0, 0.1) is 0 Å². The zero-order valence-electron chi connectivity index (χ0n) is 11.8.